The summed E-state index contributed by atoms with van der Waals surface area (Å²) in [7, 11) is -0.201. The summed E-state index contributed by atoms with van der Waals surface area (Å²) in [6.45, 7) is 4.52. The van der Waals surface area contributed by atoms with Gasteiger partial charge in [0.2, 0.25) is 0 Å². The van der Waals surface area contributed by atoms with E-state index in [0.29, 0.717) is 0 Å². The topological polar surface area (TPSA) is 0 Å². The van der Waals surface area contributed by atoms with Crippen molar-refractivity contribution in [2.24, 2.45) is 0 Å². The zero-order valence-corrected chi connectivity index (χ0v) is 11.4. The molecule has 0 saturated carbocycles. The van der Waals surface area contributed by atoms with Crippen molar-refractivity contribution in [2.75, 3.05) is 0 Å². The van der Waals surface area contributed by atoms with Gasteiger partial charge in [-0.2, -0.15) is 0 Å². The van der Waals surface area contributed by atoms with Crippen LogP contribution in [0.1, 0.15) is 23.6 Å². The van der Waals surface area contributed by atoms with Gasteiger partial charge in [0.1, 0.15) is 0 Å². The Morgan fingerprint density at radius 3 is 2.38 bits per heavy atom. The highest BCUT2D eigenvalue weighted by molar-refractivity contribution is 6.54. The molecule has 0 aliphatic heterocycles. The third kappa shape index (κ3) is 2.83. The lowest BCUT2D eigenvalue weighted by atomic mass is 10.1. The van der Waals surface area contributed by atoms with Crippen molar-refractivity contribution in [2.45, 2.75) is 19.4 Å². The van der Waals surface area contributed by atoms with E-state index in [1.54, 1.807) is 5.19 Å². The van der Waals surface area contributed by atoms with Crippen LogP contribution in [0.15, 0.2) is 54.6 Å². The molecule has 1 unspecified atom stereocenters. The van der Waals surface area contributed by atoms with E-state index in [1.165, 1.54) is 11.1 Å². The van der Waals surface area contributed by atoms with Crippen LogP contribution in [0, 0.1) is 6.92 Å². The third-order valence-electron chi connectivity index (χ3n) is 3.00. The average molecular weight is 226 g/mol. The predicted molar refractivity (Wildman–Crippen MR) is 74.2 cm³/mol. The molecule has 0 aliphatic carbocycles. The molecule has 0 spiro atoms. The van der Waals surface area contributed by atoms with E-state index in [9.17, 15) is 0 Å². The van der Waals surface area contributed by atoms with Gasteiger partial charge in [-0.05, 0) is 18.0 Å². The minimum Gasteiger partial charge on any atom is -0.0663 e. The maximum absolute atomic E-state index is 2.36. The standard InChI is InChI=1S/C15H18Si/c1-12-7-6-8-14(11-12)13(2)16-15-9-4-3-5-10-15/h3-11,13H,16H2,1-2H3. The predicted octanol–water partition coefficient (Wildman–Crippen LogP) is 2.55. The fraction of sp³-hybridized carbons (Fsp3) is 0.200. The molecule has 1 atom stereocenters. The highest BCUT2D eigenvalue weighted by Gasteiger charge is 2.06. The number of hydrogen-bond acceptors (Lipinski definition) is 0. The molecule has 0 nitrogen and oxygen atoms in total. The Morgan fingerprint density at radius 2 is 1.69 bits per heavy atom. The summed E-state index contributed by atoms with van der Waals surface area (Å²) in [4.78, 5) is 0. The van der Waals surface area contributed by atoms with Gasteiger partial charge >= 0.3 is 0 Å². The normalized spacial score (nSPS) is 13.1. The first-order chi connectivity index (χ1) is 7.75. The fourth-order valence-corrected chi connectivity index (χ4v) is 3.80. The number of hydrogen-bond donors (Lipinski definition) is 0. The van der Waals surface area contributed by atoms with Crippen molar-refractivity contribution >= 4 is 14.7 Å². The molecule has 0 amide bonds. The van der Waals surface area contributed by atoms with Crippen molar-refractivity contribution in [3.63, 3.8) is 0 Å². The van der Waals surface area contributed by atoms with Crippen molar-refractivity contribution in [1.29, 1.82) is 0 Å². The molecule has 0 saturated heterocycles. The van der Waals surface area contributed by atoms with E-state index >= 15 is 0 Å². The summed E-state index contributed by atoms with van der Waals surface area (Å²) in [5.74, 6) is 0. The second-order valence-electron chi connectivity index (χ2n) is 4.50. The summed E-state index contributed by atoms with van der Waals surface area (Å²) >= 11 is 0. The lowest BCUT2D eigenvalue weighted by Crippen LogP contribution is -2.19. The van der Waals surface area contributed by atoms with Gasteiger partial charge in [-0.15, -0.1) is 0 Å². The summed E-state index contributed by atoms with van der Waals surface area (Å²) < 4.78 is 0. The number of aryl methyl sites for hydroxylation is 1. The van der Waals surface area contributed by atoms with Gasteiger partial charge in [0.25, 0.3) is 0 Å². The maximum atomic E-state index is 2.36. The second kappa shape index (κ2) is 5.13. The number of benzene rings is 2. The molecule has 0 fully saturated rings. The molecule has 0 N–H and O–H groups in total. The molecular weight excluding hydrogens is 208 g/mol. The quantitative estimate of drug-likeness (QED) is 0.706. The number of rotatable bonds is 3. The zero-order valence-electron chi connectivity index (χ0n) is 9.98. The molecule has 2 aromatic rings. The Bertz CT molecular complexity index is 448. The van der Waals surface area contributed by atoms with Crippen LogP contribution in [0.4, 0.5) is 0 Å². The smallest absolute Gasteiger partial charge is 0.0620 e. The third-order valence-corrected chi connectivity index (χ3v) is 5.02. The largest absolute Gasteiger partial charge is 0.0663 e. The minimum absolute atomic E-state index is 0.201. The molecule has 0 aliphatic rings. The highest BCUT2D eigenvalue weighted by atomic mass is 28.2. The van der Waals surface area contributed by atoms with Crippen LogP contribution in [0.25, 0.3) is 0 Å². The van der Waals surface area contributed by atoms with Gasteiger partial charge in [0.05, 0.1) is 9.52 Å². The van der Waals surface area contributed by atoms with Crippen molar-refractivity contribution < 1.29 is 0 Å². The van der Waals surface area contributed by atoms with Gasteiger partial charge in [-0.1, -0.05) is 72.3 Å². The van der Waals surface area contributed by atoms with Crippen molar-refractivity contribution in [1.82, 2.24) is 0 Å². The lowest BCUT2D eigenvalue weighted by molar-refractivity contribution is 1.07. The molecule has 0 bridgehead atoms. The van der Waals surface area contributed by atoms with Crippen LogP contribution in [-0.4, -0.2) is 9.52 Å². The zero-order chi connectivity index (χ0) is 11.4. The van der Waals surface area contributed by atoms with Crippen LogP contribution < -0.4 is 5.19 Å². The summed E-state index contributed by atoms with van der Waals surface area (Å²) in [6, 6.07) is 19.8. The second-order valence-corrected chi connectivity index (χ2v) is 6.95. The summed E-state index contributed by atoms with van der Waals surface area (Å²) in [6.07, 6.45) is 0. The van der Waals surface area contributed by atoms with E-state index in [1.807, 2.05) is 0 Å². The Balaban J connectivity index is 2.12. The van der Waals surface area contributed by atoms with E-state index in [2.05, 4.69) is 68.4 Å². The molecule has 16 heavy (non-hydrogen) atoms. The molecule has 82 valence electrons. The fourth-order valence-electron chi connectivity index (χ4n) is 2.06. The molecule has 0 heterocycles. The monoisotopic (exact) mass is 226 g/mol. The van der Waals surface area contributed by atoms with Gasteiger partial charge < -0.3 is 0 Å². The van der Waals surface area contributed by atoms with E-state index < -0.39 is 0 Å². The Kier molecular flexibility index (Phi) is 3.57. The molecule has 2 rings (SSSR count). The molecule has 0 aromatic heterocycles. The average Bonchev–Trinajstić information content (AvgIpc) is 2.30. The summed E-state index contributed by atoms with van der Waals surface area (Å²) in [5, 5.41) is 1.55. The van der Waals surface area contributed by atoms with Gasteiger partial charge in [0.15, 0.2) is 0 Å². The molecule has 2 aromatic carbocycles. The van der Waals surface area contributed by atoms with Crippen molar-refractivity contribution in [3.8, 4) is 0 Å². The minimum atomic E-state index is -0.201. The Morgan fingerprint density at radius 1 is 0.938 bits per heavy atom. The van der Waals surface area contributed by atoms with Gasteiger partial charge in [-0.3, -0.25) is 0 Å². The highest BCUT2D eigenvalue weighted by Crippen LogP contribution is 2.14. The Labute approximate surface area is 100 Å². The van der Waals surface area contributed by atoms with Crippen LogP contribution in [0.5, 0.6) is 0 Å². The van der Waals surface area contributed by atoms with Crippen LogP contribution in [0.3, 0.4) is 0 Å². The van der Waals surface area contributed by atoms with Crippen LogP contribution in [0.2, 0.25) is 0 Å². The van der Waals surface area contributed by atoms with Crippen molar-refractivity contribution in [3.05, 3.63) is 65.7 Å². The summed E-state index contributed by atoms with van der Waals surface area (Å²) in [5.41, 5.74) is 3.59. The van der Waals surface area contributed by atoms with E-state index in [0.717, 1.165) is 5.54 Å². The van der Waals surface area contributed by atoms with E-state index in [4.69, 9.17) is 0 Å². The van der Waals surface area contributed by atoms with Crippen LogP contribution >= 0.6 is 0 Å². The van der Waals surface area contributed by atoms with E-state index in [-0.39, 0.29) is 9.52 Å². The first-order valence-electron chi connectivity index (χ1n) is 5.86. The Hall–Kier alpha value is -1.34. The SMILES string of the molecule is Cc1cccc(C(C)[SiH2]c2ccccc2)c1. The lowest BCUT2D eigenvalue weighted by Gasteiger charge is -2.11. The first kappa shape index (κ1) is 11.2. The maximum Gasteiger partial charge on any atom is 0.0620 e. The first-order valence-corrected chi connectivity index (χ1v) is 7.38. The van der Waals surface area contributed by atoms with Gasteiger partial charge in [-0.25, -0.2) is 0 Å². The molecule has 0 radical (unpaired) electrons. The van der Waals surface area contributed by atoms with Gasteiger partial charge in [0, 0.05) is 0 Å². The molecular formula is C15H18Si. The molecule has 1 heteroatoms. The van der Waals surface area contributed by atoms with Crippen LogP contribution in [-0.2, 0) is 0 Å².